The maximum Gasteiger partial charge on any atom is 0.0575 e. The van der Waals surface area contributed by atoms with Crippen LogP contribution in [0.3, 0.4) is 0 Å². The van der Waals surface area contributed by atoms with Crippen LogP contribution < -0.4 is 0 Å². The molecule has 1 fully saturated rings. The molecular weight excluding hydrogens is 228 g/mol. The summed E-state index contributed by atoms with van der Waals surface area (Å²) in [6.07, 6.45) is 12.5. The number of rotatable bonds is 6. The molecule has 13 heavy (non-hydrogen) atoms. The third-order valence-corrected chi connectivity index (χ3v) is 2.86. The van der Waals surface area contributed by atoms with Crippen LogP contribution in [0, 0.1) is 12.8 Å². The Balaban J connectivity index is 1.86. The van der Waals surface area contributed by atoms with Gasteiger partial charge in [-0.05, 0) is 51.4 Å². The molecule has 2 radical (unpaired) electrons. The van der Waals surface area contributed by atoms with Crippen molar-refractivity contribution in [2.75, 3.05) is 11.9 Å². The summed E-state index contributed by atoms with van der Waals surface area (Å²) in [7, 11) is 0. The Morgan fingerprint density at radius 2 is 2.15 bits per heavy atom. The van der Waals surface area contributed by atoms with E-state index in [1.54, 1.807) is 0 Å². The molecular formula is C11H19BrO. The molecule has 0 atom stereocenters. The van der Waals surface area contributed by atoms with Gasteiger partial charge in [-0.3, -0.25) is 0 Å². The van der Waals surface area contributed by atoms with E-state index in [-0.39, 0.29) is 0 Å². The fraction of sp³-hybridized carbons (Fsp3) is 0.818. The zero-order valence-corrected chi connectivity index (χ0v) is 9.76. The molecule has 0 saturated heterocycles. The zero-order chi connectivity index (χ0) is 9.36. The van der Waals surface area contributed by atoms with E-state index >= 15 is 0 Å². The topological polar surface area (TPSA) is 9.23 Å². The summed E-state index contributed by atoms with van der Waals surface area (Å²) >= 11 is 3.38. The van der Waals surface area contributed by atoms with E-state index in [0.29, 0.717) is 6.10 Å². The lowest BCUT2D eigenvalue weighted by atomic mass is 9.98. The first-order chi connectivity index (χ1) is 6.43. The summed E-state index contributed by atoms with van der Waals surface area (Å²) in [6, 6.07) is 0. The standard InChI is InChI=1S/C11H19BrO/c12-9-5-2-6-10-13-11-7-3-1-4-8-11/h1,5,11H,2-4,6-10H2. The van der Waals surface area contributed by atoms with Crippen LogP contribution in [0.15, 0.2) is 0 Å². The van der Waals surface area contributed by atoms with Gasteiger partial charge in [-0.15, -0.1) is 0 Å². The number of ether oxygens (including phenoxy) is 1. The van der Waals surface area contributed by atoms with Crippen molar-refractivity contribution in [1.82, 2.24) is 0 Å². The number of hydrogen-bond donors (Lipinski definition) is 0. The van der Waals surface area contributed by atoms with Crippen molar-refractivity contribution in [3.8, 4) is 0 Å². The fourth-order valence-corrected chi connectivity index (χ4v) is 1.94. The van der Waals surface area contributed by atoms with Crippen molar-refractivity contribution in [1.29, 1.82) is 0 Å². The molecule has 0 heterocycles. The van der Waals surface area contributed by atoms with Gasteiger partial charge >= 0.3 is 0 Å². The lowest BCUT2D eigenvalue weighted by molar-refractivity contribution is 0.0336. The summed E-state index contributed by atoms with van der Waals surface area (Å²) < 4.78 is 5.77. The first kappa shape index (κ1) is 11.5. The van der Waals surface area contributed by atoms with Crippen LogP contribution in [-0.4, -0.2) is 18.0 Å². The molecule has 1 rings (SSSR count). The van der Waals surface area contributed by atoms with Crippen LogP contribution in [0.2, 0.25) is 0 Å². The van der Waals surface area contributed by atoms with Crippen LogP contribution in [0.25, 0.3) is 0 Å². The number of alkyl halides is 1. The monoisotopic (exact) mass is 246 g/mol. The Bertz CT molecular complexity index is 111. The van der Waals surface area contributed by atoms with Crippen molar-refractivity contribution < 1.29 is 4.74 Å². The van der Waals surface area contributed by atoms with Crippen molar-refractivity contribution in [2.45, 2.75) is 44.6 Å². The molecule has 0 aromatic heterocycles. The molecule has 0 N–H and O–H groups in total. The molecule has 1 saturated carbocycles. The van der Waals surface area contributed by atoms with Gasteiger partial charge in [-0.1, -0.05) is 15.9 Å². The highest BCUT2D eigenvalue weighted by molar-refractivity contribution is 9.09. The van der Waals surface area contributed by atoms with E-state index in [4.69, 9.17) is 4.74 Å². The SMILES string of the molecule is BrC[CH]CCCOC1CC[CH]CC1. The Morgan fingerprint density at radius 1 is 1.38 bits per heavy atom. The van der Waals surface area contributed by atoms with Gasteiger partial charge in [0.15, 0.2) is 0 Å². The predicted octanol–water partition coefficient (Wildman–Crippen LogP) is 3.53. The average Bonchev–Trinajstić information content (AvgIpc) is 2.19. The molecule has 0 aromatic rings. The Labute approximate surface area is 90.4 Å². The minimum atomic E-state index is 0.550. The van der Waals surface area contributed by atoms with E-state index in [1.807, 2.05) is 0 Å². The summed E-state index contributed by atoms with van der Waals surface area (Å²) in [4.78, 5) is 0. The molecule has 1 nitrogen and oxygen atoms in total. The van der Waals surface area contributed by atoms with Gasteiger partial charge in [-0.2, -0.15) is 0 Å². The van der Waals surface area contributed by atoms with Crippen molar-refractivity contribution in [3.05, 3.63) is 12.8 Å². The molecule has 0 amide bonds. The second-order valence-corrected chi connectivity index (χ2v) is 4.17. The lowest BCUT2D eigenvalue weighted by Gasteiger charge is -2.21. The van der Waals surface area contributed by atoms with Crippen LogP contribution in [0.4, 0.5) is 0 Å². The normalized spacial score (nSPS) is 19.2. The van der Waals surface area contributed by atoms with Crippen LogP contribution in [-0.2, 0) is 4.74 Å². The second-order valence-electron chi connectivity index (χ2n) is 3.52. The molecule has 0 bridgehead atoms. The Hall–Kier alpha value is 0.440. The molecule has 0 spiro atoms. The minimum absolute atomic E-state index is 0.550. The van der Waals surface area contributed by atoms with E-state index in [9.17, 15) is 0 Å². The lowest BCUT2D eigenvalue weighted by Crippen LogP contribution is -2.17. The number of halogens is 1. The van der Waals surface area contributed by atoms with E-state index in [2.05, 4.69) is 28.8 Å². The van der Waals surface area contributed by atoms with E-state index in [0.717, 1.165) is 11.9 Å². The fourth-order valence-electron chi connectivity index (χ4n) is 1.62. The summed E-state index contributed by atoms with van der Waals surface area (Å²) in [6.45, 7) is 0.939. The predicted molar refractivity (Wildman–Crippen MR) is 59.8 cm³/mol. The molecule has 76 valence electrons. The van der Waals surface area contributed by atoms with Crippen molar-refractivity contribution >= 4 is 15.9 Å². The third kappa shape index (κ3) is 5.69. The van der Waals surface area contributed by atoms with Gasteiger partial charge in [0.05, 0.1) is 6.10 Å². The second kappa shape index (κ2) is 7.81. The largest absolute Gasteiger partial charge is 0.378 e. The maximum absolute atomic E-state index is 5.77. The highest BCUT2D eigenvalue weighted by Gasteiger charge is 2.12. The Morgan fingerprint density at radius 3 is 2.85 bits per heavy atom. The zero-order valence-electron chi connectivity index (χ0n) is 8.18. The highest BCUT2D eigenvalue weighted by Crippen LogP contribution is 2.19. The van der Waals surface area contributed by atoms with Crippen LogP contribution in [0.1, 0.15) is 38.5 Å². The van der Waals surface area contributed by atoms with Gasteiger partial charge in [-0.25, -0.2) is 0 Å². The first-order valence-corrected chi connectivity index (χ1v) is 6.36. The molecule has 1 aliphatic rings. The first-order valence-electron chi connectivity index (χ1n) is 5.24. The van der Waals surface area contributed by atoms with Crippen LogP contribution in [0.5, 0.6) is 0 Å². The van der Waals surface area contributed by atoms with Crippen molar-refractivity contribution in [3.63, 3.8) is 0 Å². The van der Waals surface area contributed by atoms with Crippen molar-refractivity contribution in [2.24, 2.45) is 0 Å². The molecule has 0 aromatic carbocycles. The Kier molecular flexibility index (Phi) is 6.92. The van der Waals surface area contributed by atoms with E-state index < -0.39 is 0 Å². The molecule has 1 aliphatic carbocycles. The van der Waals surface area contributed by atoms with Gasteiger partial charge in [0, 0.05) is 11.9 Å². The number of unbranched alkanes of at least 4 members (excludes halogenated alkanes) is 2. The third-order valence-electron chi connectivity index (χ3n) is 2.40. The minimum Gasteiger partial charge on any atom is -0.378 e. The smallest absolute Gasteiger partial charge is 0.0575 e. The van der Waals surface area contributed by atoms with Gasteiger partial charge in [0.1, 0.15) is 0 Å². The summed E-state index contributed by atoms with van der Waals surface area (Å²) in [5, 5.41) is 1.01. The number of hydrogen-bond acceptors (Lipinski definition) is 1. The van der Waals surface area contributed by atoms with Gasteiger partial charge in [0.25, 0.3) is 0 Å². The average molecular weight is 247 g/mol. The van der Waals surface area contributed by atoms with Gasteiger partial charge in [0.2, 0.25) is 0 Å². The van der Waals surface area contributed by atoms with Crippen LogP contribution >= 0.6 is 15.9 Å². The highest BCUT2D eigenvalue weighted by atomic mass is 79.9. The molecule has 2 heteroatoms. The quantitative estimate of drug-likeness (QED) is 0.515. The van der Waals surface area contributed by atoms with E-state index in [1.165, 1.54) is 38.5 Å². The summed E-state index contributed by atoms with van der Waals surface area (Å²) in [5.74, 6) is 0. The molecule has 0 unspecified atom stereocenters. The maximum atomic E-state index is 5.77. The summed E-state index contributed by atoms with van der Waals surface area (Å²) in [5.41, 5.74) is 0. The van der Waals surface area contributed by atoms with Gasteiger partial charge < -0.3 is 4.74 Å². The molecule has 0 aliphatic heterocycles.